The molecule has 2 fully saturated rings. The van der Waals surface area contributed by atoms with E-state index in [4.69, 9.17) is 4.74 Å². The maximum absolute atomic E-state index is 11.7. The fraction of sp³-hybridized carbons (Fsp3) is 0.917. The van der Waals surface area contributed by atoms with Gasteiger partial charge in [0.15, 0.2) is 0 Å². The van der Waals surface area contributed by atoms with Crippen molar-refractivity contribution >= 4 is 6.09 Å². The molecule has 4 heteroatoms. The van der Waals surface area contributed by atoms with E-state index in [1.54, 1.807) is 0 Å². The normalized spacial score (nSPS) is 33.6. The number of nitrogens with one attached hydrogen (secondary N) is 2. The van der Waals surface area contributed by atoms with Crippen molar-refractivity contribution in [3.63, 3.8) is 0 Å². The van der Waals surface area contributed by atoms with E-state index in [0.717, 1.165) is 13.1 Å². The van der Waals surface area contributed by atoms with Crippen molar-refractivity contribution in [3.8, 4) is 0 Å². The molecule has 2 aliphatic rings. The second-order valence-electron chi connectivity index (χ2n) is 5.93. The van der Waals surface area contributed by atoms with Gasteiger partial charge in [0, 0.05) is 6.04 Å². The molecule has 0 radical (unpaired) electrons. The summed E-state index contributed by atoms with van der Waals surface area (Å²) in [5.74, 6) is 1.18. The van der Waals surface area contributed by atoms with Gasteiger partial charge in [-0.2, -0.15) is 0 Å². The fourth-order valence-electron chi connectivity index (χ4n) is 2.76. The van der Waals surface area contributed by atoms with Crippen LogP contribution in [0.1, 0.15) is 33.6 Å². The number of piperidine rings is 1. The summed E-state index contributed by atoms with van der Waals surface area (Å²) in [5, 5.41) is 6.44. The summed E-state index contributed by atoms with van der Waals surface area (Å²) >= 11 is 0. The maximum atomic E-state index is 11.7. The van der Waals surface area contributed by atoms with Crippen LogP contribution in [-0.4, -0.2) is 30.8 Å². The molecule has 0 aromatic rings. The Bertz CT molecular complexity index is 257. The largest absolute Gasteiger partial charge is 0.444 e. The smallest absolute Gasteiger partial charge is 0.407 e. The van der Waals surface area contributed by atoms with E-state index in [0.29, 0.717) is 17.9 Å². The zero-order valence-corrected chi connectivity index (χ0v) is 10.4. The molecule has 92 valence electrons. The standard InChI is InChI=1S/C12H22N2O2/c1-12(2,3)16-11(15)14-10-8-4-5-9(10)7-13-6-8/h8-10,13H,4-7H2,1-3H3,(H,14,15)/t8-,9?,10?/m0/s1. The van der Waals surface area contributed by atoms with Crippen molar-refractivity contribution in [1.82, 2.24) is 10.6 Å². The monoisotopic (exact) mass is 226 g/mol. The number of carbonyl (C=O) groups excluding carboxylic acids is 1. The summed E-state index contributed by atoms with van der Waals surface area (Å²) in [7, 11) is 0. The third kappa shape index (κ3) is 2.67. The average molecular weight is 226 g/mol. The molecule has 3 atom stereocenters. The lowest BCUT2D eigenvalue weighted by molar-refractivity contribution is 0.0468. The zero-order chi connectivity index (χ0) is 11.8. The van der Waals surface area contributed by atoms with Crippen LogP contribution in [0.15, 0.2) is 0 Å². The Morgan fingerprint density at radius 3 is 2.31 bits per heavy atom. The minimum atomic E-state index is -0.407. The van der Waals surface area contributed by atoms with Crippen molar-refractivity contribution in [1.29, 1.82) is 0 Å². The van der Waals surface area contributed by atoms with E-state index in [2.05, 4.69) is 10.6 Å². The molecule has 2 N–H and O–H groups in total. The van der Waals surface area contributed by atoms with Crippen LogP contribution in [0, 0.1) is 11.8 Å². The predicted molar refractivity (Wildman–Crippen MR) is 62.2 cm³/mol. The van der Waals surface area contributed by atoms with E-state index in [9.17, 15) is 4.79 Å². The highest BCUT2D eigenvalue weighted by molar-refractivity contribution is 5.68. The number of carbonyl (C=O) groups is 1. The number of fused-ring (bicyclic) bond motifs is 2. The van der Waals surface area contributed by atoms with Gasteiger partial charge < -0.3 is 15.4 Å². The van der Waals surface area contributed by atoms with Gasteiger partial charge in [-0.05, 0) is 58.5 Å². The van der Waals surface area contributed by atoms with E-state index in [-0.39, 0.29) is 6.09 Å². The van der Waals surface area contributed by atoms with Gasteiger partial charge in [-0.1, -0.05) is 0 Å². The maximum Gasteiger partial charge on any atom is 0.407 e. The molecule has 1 heterocycles. The third-order valence-corrected chi connectivity index (χ3v) is 3.42. The van der Waals surface area contributed by atoms with Crippen molar-refractivity contribution < 1.29 is 9.53 Å². The summed E-state index contributed by atoms with van der Waals surface area (Å²) in [6.07, 6.45) is 2.17. The Hall–Kier alpha value is -0.770. The Morgan fingerprint density at radius 2 is 1.81 bits per heavy atom. The first-order valence-corrected chi connectivity index (χ1v) is 6.16. The van der Waals surface area contributed by atoms with E-state index < -0.39 is 5.60 Å². The number of alkyl carbamates (subject to hydrolysis) is 1. The van der Waals surface area contributed by atoms with Crippen LogP contribution >= 0.6 is 0 Å². The first-order chi connectivity index (χ1) is 7.46. The topological polar surface area (TPSA) is 50.4 Å². The van der Waals surface area contributed by atoms with Crippen LogP contribution in [-0.2, 0) is 4.74 Å². The number of rotatable bonds is 1. The number of hydrogen-bond donors (Lipinski definition) is 2. The second kappa shape index (κ2) is 4.24. The van der Waals surface area contributed by atoms with Crippen LogP contribution < -0.4 is 10.6 Å². The van der Waals surface area contributed by atoms with Crippen molar-refractivity contribution in [2.24, 2.45) is 11.8 Å². The van der Waals surface area contributed by atoms with Gasteiger partial charge in [-0.15, -0.1) is 0 Å². The van der Waals surface area contributed by atoms with Crippen LogP contribution in [0.5, 0.6) is 0 Å². The van der Waals surface area contributed by atoms with Crippen LogP contribution in [0.3, 0.4) is 0 Å². The molecule has 1 saturated heterocycles. The molecule has 1 amide bonds. The third-order valence-electron chi connectivity index (χ3n) is 3.42. The van der Waals surface area contributed by atoms with E-state index >= 15 is 0 Å². The second-order valence-corrected chi connectivity index (χ2v) is 5.93. The van der Waals surface area contributed by atoms with Gasteiger partial charge in [0.2, 0.25) is 0 Å². The van der Waals surface area contributed by atoms with Crippen molar-refractivity contribution in [2.75, 3.05) is 13.1 Å². The summed E-state index contributed by atoms with van der Waals surface area (Å²) in [5.41, 5.74) is -0.407. The molecular weight excluding hydrogens is 204 g/mol. The Labute approximate surface area is 97.1 Å². The lowest BCUT2D eigenvalue weighted by Gasteiger charge is -2.32. The molecule has 0 spiro atoms. The summed E-state index contributed by atoms with van der Waals surface area (Å²) < 4.78 is 5.29. The SMILES string of the molecule is CC(C)(C)OC(=O)NC1C2CC[C@H]1CNC2. The molecule has 1 aliphatic heterocycles. The first-order valence-electron chi connectivity index (χ1n) is 6.16. The first kappa shape index (κ1) is 11.7. The number of ether oxygens (including phenoxy) is 1. The molecule has 0 aromatic heterocycles. The average Bonchev–Trinajstić information content (AvgIpc) is 2.39. The number of hydrogen-bond acceptors (Lipinski definition) is 3. The zero-order valence-electron chi connectivity index (χ0n) is 10.4. The highest BCUT2D eigenvalue weighted by atomic mass is 16.6. The van der Waals surface area contributed by atoms with Gasteiger partial charge in [0.05, 0.1) is 0 Å². The van der Waals surface area contributed by atoms with Crippen molar-refractivity contribution in [3.05, 3.63) is 0 Å². The van der Waals surface area contributed by atoms with Crippen LogP contribution in [0.2, 0.25) is 0 Å². The molecule has 0 aromatic carbocycles. The van der Waals surface area contributed by atoms with Gasteiger partial charge in [0.1, 0.15) is 5.60 Å². The fourth-order valence-corrected chi connectivity index (χ4v) is 2.76. The van der Waals surface area contributed by atoms with Gasteiger partial charge in [0.25, 0.3) is 0 Å². The molecule has 1 saturated carbocycles. The summed E-state index contributed by atoms with van der Waals surface area (Å²) in [6, 6.07) is 0.316. The van der Waals surface area contributed by atoms with Gasteiger partial charge in [-0.25, -0.2) is 4.79 Å². The molecule has 2 bridgehead atoms. The minimum absolute atomic E-state index is 0.267. The lowest BCUT2D eigenvalue weighted by Crippen LogP contribution is -2.51. The summed E-state index contributed by atoms with van der Waals surface area (Å²) in [6.45, 7) is 7.73. The Balaban J connectivity index is 1.88. The number of amides is 1. The Kier molecular flexibility index (Phi) is 3.10. The molecule has 1 aliphatic carbocycles. The molecule has 2 unspecified atom stereocenters. The minimum Gasteiger partial charge on any atom is -0.444 e. The van der Waals surface area contributed by atoms with Gasteiger partial charge in [-0.3, -0.25) is 0 Å². The predicted octanol–water partition coefficient (Wildman–Crippen LogP) is 1.51. The molecule has 16 heavy (non-hydrogen) atoms. The quantitative estimate of drug-likeness (QED) is 0.712. The van der Waals surface area contributed by atoms with Crippen LogP contribution in [0.25, 0.3) is 0 Å². The van der Waals surface area contributed by atoms with Crippen LogP contribution in [0.4, 0.5) is 4.79 Å². The van der Waals surface area contributed by atoms with E-state index in [1.807, 2.05) is 20.8 Å². The molecule has 4 nitrogen and oxygen atoms in total. The molecular formula is C12H22N2O2. The highest BCUT2D eigenvalue weighted by Crippen LogP contribution is 2.33. The van der Waals surface area contributed by atoms with E-state index in [1.165, 1.54) is 12.8 Å². The Morgan fingerprint density at radius 1 is 1.25 bits per heavy atom. The summed E-state index contributed by atoms with van der Waals surface area (Å²) in [4.78, 5) is 11.7. The highest BCUT2D eigenvalue weighted by Gasteiger charge is 2.40. The lowest BCUT2D eigenvalue weighted by atomic mass is 9.94. The molecule has 2 rings (SSSR count). The van der Waals surface area contributed by atoms with Crippen molar-refractivity contribution in [2.45, 2.75) is 45.3 Å². The van der Waals surface area contributed by atoms with Gasteiger partial charge >= 0.3 is 6.09 Å².